The number of nitrogens with zero attached hydrogens (tertiary/aromatic N) is 2. The molecule has 0 fully saturated rings. The van der Waals surface area contributed by atoms with Crippen LogP contribution in [0.2, 0.25) is 0 Å². The van der Waals surface area contributed by atoms with E-state index in [1.807, 2.05) is 11.8 Å². The SMILES string of the molecule is CSCCCCn1cc[n+](C)c1. The van der Waals surface area contributed by atoms with Gasteiger partial charge in [-0.3, -0.25) is 0 Å². The Kier molecular flexibility index (Phi) is 4.22. The van der Waals surface area contributed by atoms with Crippen LogP contribution in [0.5, 0.6) is 0 Å². The maximum Gasteiger partial charge on any atom is 0.243 e. The van der Waals surface area contributed by atoms with Crippen molar-refractivity contribution in [1.29, 1.82) is 0 Å². The van der Waals surface area contributed by atoms with Crippen molar-refractivity contribution in [2.45, 2.75) is 19.4 Å². The third-order valence-electron chi connectivity index (χ3n) is 1.84. The second-order valence-electron chi connectivity index (χ2n) is 3.02. The zero-order chi connectivity index (χ0) is 8.81. The van der Waals surface area contributed by atoms with Crippen LogP contribution in [0.3, 0.4) is 0 Å². The molecule has 2 nitrogen and oxygen atoms in total. The van der Waals surface area contributed by atoms with Crippen LogP contribution in [0.15, 0.2) is 18.7 Å². The summed E-state index contributed by atoms with van der Waals surface area (Å²) in [6, 6.07) is 0. The number of thioether (sulfide) groups is 1. The van der Waals surface area contributed by atoms with E-state index in [4.69, 9.17) is 0 Å². The van der Waals surface area contributed by atoms with Gasteiger partial charge in [-0.15, -0.1) is 0 Å². The van der Waals surface area contributed by atoms with Gasteiger partial charge in [-0.25, -0.2) is 9.13 Å². The number of imidazole rings is 1. The van der Waals surface area contributed by atoms with Crippen LogP contribution in [0.25, 0.3) is 0 Å². The zero-order valence-corrected chi connectivity index (χ0v) is 8.68. The first-order chi connectivity index (χ1) is 5.83. The molecule has 1 aromatic rings. The van der Waals surface area contributed by atoms with Crippen molar-refractivity contribution in [2.24, 2.45) is 7.05 Å². The zero-order valence-electron chi connectivity index (χ0n) is 7.86. The highest BCUT2D eigenvalue weighted by molar-refractivity contribution is 7.98. The minimum absolute atomic E-state index is 1.15. The second kappa shape index (κ2) is 5.25. The summed E-state index contributed by atoms with van der Waals surface area (Å²) in [5.74, 6) is 1.29. The van der Waals surface area contributed by atoms with Gasteiger partial charge < -0.3 is 0 Å². The van der Waals surface area contributed by atoms with E-state index >= 15 is 0 Å². The molecular formula is C9H17N2S+. The molecule has 1 rings (SSSR count). The van der Waals surface area contributed by atoms with Gasteiger partial charge in [0, 0.05) is 0 Å². The molecule has 0 aliphatic heterocycles. The summed E-state index contributed by atoms with van der Waals surface area (Å²) >= 11 is 1.93. The summed E-state index contributed by atoms with van der Waals surface area (Å²) in [7, 11) is 2.05. The highest BCUT2D eigenvalue weighted by Gasteiger charge is 1.98. The number of hydrogen-bond donors (Lipinski definition) is 0. The first-order valence-corrected chi connectivity index (χ1v) is 5.72. The number of aromatic nitrogens is 2. The monoisotopic (exact) mass is 185 g/mol. The fraction of sp³-hybridized carbons (Fsp3) is 0.667. The lowest BCUT2D eigenvalue weighted by Crippen LogP contribution is -2.23. The summed E-state index contributed by atoms with van der Waals surface area (Å²) in [6.07, 6.45) is 11.1. The highest BCUT2D eigenvalue weighted by atomic mass is 32.2. The summed E-state index contributed by atoms with van der Waals surface area (Å²) in [6.45, 7) is 1.15. The Bertz CT molecular complexity index is 220. The van der Waals surface area contributed by atoms with Crippen molar-refractivity contribution in [3.05, 3.63) is 18.7 Å². The van der Waals surface area contributed by atoms with E-state index in [0.29, 0.717) is 0 Å². The Morgan fingerprint density at radius 1 is 1.42 bits per heavy atom. The van der Waals surface area contributed by atoms with Gasteiger partial charge in [0.15, 0.2) is 0 Å². The Hall–Kier alpha value is -0.440. The molecule has 0 aliphatic rings. The molecule has 0 aromatic carbocycles. The van der Waals surface area contributed by atoms with E-state index in [-0.39, 0.29) is 0 Å². The van der Waals surface area contributed by atoms with E-state index in [0.717, 1.165) is 6.54 Å². The quantitative estimate of drug-likeness (QED) is 0.498. The molecule has 0 bridgehead atoms. The number of unbranched alkanes of at least 4 members (excludes halogenated alkanes) is 1. The van der Waals surface area contributed by atoms with Gasteiger partial charge in [0.05, 0.1) is 13.6 Å². The minimum Gasteiger partial charge on any atom is -0.240 e. The smallest absolute Gasteiger partial charge is 0.240 e. The van der Waals surface area contributed by atoms with Crippen molar-refractivity contribution < 1.29 is 4.57 Å². The molecule has 0 N–H and O–H groups in total. The summed E-state index contributed by atoms with van der Waals surface area (Å²) in [5, 5.41) is 0. The van der Waals surface area contributed by atoms with E-state index in [9.17, 15) is 0 Å². The first kappa shape index (κ1) is 9.65. The molecule has 0 radical (unpaired) electrons. The Morgan fingerprint density at radius 2 is 2.25 bits per heavy atom. The summed E-state index contributed by atoms with van der Waals surface area (Å²) in [5.41, 5.74) is 0. The maximum atomic E-state index is 2.24. The third-order valence-corrected chi connectivity index (χ3v) is 2.54. The minimum atomic E-state index is 1.15. The molecule has 1 aromatic heterocycles. The van der Waals surface area contributed by atoms with Crippen molar-refractivity contribution in [3.63, 3.8) is 0 Å². The topological polar surface area (TPSA) is 8.81 Å². The van der Waals surface area contributed by atoms with Crippen molar-refractivity contribution in [2.75, 3.05) is 12.0 Å². The van der Waals surface area contributed by atoms with Crippen molar-refractivity contribution >= 4 is 11.8 Å². The van der Waals surface area contributed by atoms with Gasteiger partial charge in [-0.2, -0.15) is 11.8 Å². The predicted molar refractivity (Wildman–Crippen MR) is 53.2 cm³/mol. The Morgan fingerprint density at radius 3 is 2.83 bits per heavy atom. The molecule has 1 heterocycles. The summed E-state index contributed by atoms with van der Waals surface area (Å²) < 4.78 is 4.31. The molecule has 0 unspecified atom stereocenters. The molecule has 0 amide bonds. The van der Waals surface area contributed by atoms with E-state index in [2.05, 4.69) is 41.2 Å². The molecule has 0 spiro atoms. The van der Waals surface area contributed by atoms with E-state index in [1.165, 1.54) is 18.6 Å². The van der Waals surface area contributed by atoms with Gasteiger partial charge in [0.1, 0.15) is 12.4 Å². The maximum absolute atomic E-state index is 2.24. The lowest BCUT2D eigenvalue weighted by Gasteiger charge is -1.95. The lowest BCUT2D eigenvalue weighted by molar-refractivity contribution is -0.671. The van der Waals surface area contributed by atoms with Crippen LogP contribution in [-0.4, -0.2) is 16.6 Å². The van der Waals surface area contributed by atoms with Crippen molar-refractivity contribution in [1.82, 2.24) is 4.57 Å². The lowest BCUT2D eigenvalue weighted by atomic mass is 10.3. The average Bonchev–Trinajstić information content (AvgIpc) is 2.45. The predicted octanol–water partition coefficient (Wildman–Crippen LogP) is 1.46. The van der Waals surface area contributed by atoms with Gasteiger partial charge in [0.25, 0.3) is 0 Å². The van der Waals surface area contributed by atoms with Gasteiger partial charge in [-0.05, 0) is 24.9 Å². The molecule has 3 heteroatoms. The fourth-order valence-corrected chi connectivity index (χ4v) is 1.67. The normalized spacial score (nSPS) is 10.5. The number of aryl methyl sites for hydroxylation is 2. The van der Waals surface area contributed by atoms with Gasteiger partial charge in [-0.1, -0.05) is 0 Å². The third kappa shape index (κ3) is 3.30. The molecular weight excluding hydrogens is 168 g/mol. The van der Waals surface area contributed by atoms with Crippen LogP contribution < -0.4 is 4.57 Å². The number of hydrogen-bond acceptors (Lipinski definition) is 1. The van der Waals surface area contributed by atoms with Crippen LogP contribution in [0.4, 0.5) is 0 Å². The highest BCUT2D eigenvalue weighted by Crippen LogP contribution is 2.00. The molecule has 0 saturated carbocycles. The summed E-state index contributed by atoms with van der Waals surface area (Å²) in [4.78, 5) is 0. The molecule has 68 valence electrons. The second-order valence-corrected chi connectivity index (χ2v) is 4.00. The van der Waals surface area contributed by atoms with Crippen LogP contribution in [0, 0.1) is 0 Å². The molecule has 0 saturated heterocycles. The average molecular weight is 185 g/mol. The fourth-order valence-electron chi connectivity index (χ4n) is 1.17. The Labute approximate surface area is 78.6 Å². The largest absolute Gasteiger partial charge is 0.243 e. The van der Waals surface area contributed by atoms with Crippen LogP contribution in [-0.2, 0) is 13.6 Å². The standard InChI is InChI=1S/C9H17N2S/c1-10-6-7-11(9-10)5-3-4-8-12-2/h6-7,9H,3-5,8H2,1-2H3/q+1. The molecule has 0 atom stereocenters. The van der Waals surface area contributed by atoms with Crippen LogP contribution >= 0.6 is 11.8 Å². The van der Waals surface area contributed by atoms with E-state index < -0.39 is 0 Å². The van der Waals surface area contributed by atoms with Crippen molar-refractivity contribution in [3.8, 4) is 0 Å². The molecule has 12 heavy (non-hydrogen) atoms. The van der Waals surface area contributed by atoms with Gasteiger partial charge >= 0.3 is 0 Å². The van der Waals surface area contributed by atoms with Crippen LogP contribution in [0.1, 0.15) is 12.8 Å². The number of rotatable bonds is 5. The Balaban J connectivity index is 2.15. The van der Waals surface area contributed by atoms with Gasteiger partial charge in [0.2, 0.25) is 6.33 Å². The van der Waals surface area contributed by atoms with E-state index in [1.54, 1.807) is 0 Å². The first-order valence-electron chi connectivity index (χ1n) is 4.33. The molecule has 0 aliphatic carbocycles.